The van der Waals surface area contributed by atoms with Crippen LogP contribution in [0.25, 0.3) is 0 Å². The summed E-state index contributed by atoms with van der Waals surface area (Å²) in [5, 5.41) is 14.3. The van der Waals surface area contributed by atoms with Crippen LogP contribution in [0.5, 0.6) is 0 Å². The Labute approximate surface area is 211 Å². The van der Waals surface area contributed by atoms with Gasteiger partial charge < -0.3 is 25.6 Å². The van der Waals surface area contributed by atoms with E-state index < -0.39 is 51.6 Å². The Morgan fingerprint density at radius 1 is 1.22 bits per heavy atom. The number of likely N-dealkylation sites (tertiary alicyclic amines) is 1. The number of nitrogens with zero attached hydrogens (tertiary/aromatic N) is 2. The SMILES string of the molecule is O=C(CCNC(=O)[C@@H]1CCCN(C(=O)NS(=O)(=O)c2ccc(F)cc2)C1)N[C@@H](Cc1cnc[nH]1)C(=O)O. The van der Waals surface area contributed by atoms with E-state index in [1.807, 2.05) is 4.72 Å². The summed E-state index contributed by atoms with van der Waals surface area (Å²) in [5.74, 6) is -3.44. The van der Waals surface area contributed by atoms with Gasteiger partial charge in [-0.1, -0.05) is 0 Å². The molecule has 4 amide bonds. The van der Waals surface area contributed by atoms with Crippen LogP contribution < -0.4 is 15.4 Å². The summed E-state index contributed by atoms with van der Waals surface area (Å²) < 4.78 is 39.7. The van der Waals surface area contributed by atoms with Crippen molar-refractivity contribution in [3.05, 3.63) is 48.3 Å². The lowest BCUT2D eigenvalue weighted by atomic mass is 9.97. The van der Waals surface area contributed by atoms with E-state index in [-0.39, 0.29) is 37.4 Å². The van der Waals surface area contributed by atoms with Gasteiger partial charge >= 0.3 is 12.0 Å². The minimum Gasteiger partial charge on any atom is -0.480 e. The number of aromatic amines is 1. The third-order valence-electron chi connectivity index (χ3n) is 5.69. The predicted molar refractivity (Wildman–Crippen MR) is 126 cm³/mol. The van der Waals surface area contributed by atoms with Crippen LogP contribution in [-0.2, 0) is 30.8 Å². The number of carboxylic acids is 1. The lowest BCUT2D eigenvalue weighted by Crippen LogP contribution is -2.50. The Balaban J connectivity index is 1.45. The molecule has 2 heterocycles. The molecule has 0 radical (unpaired) electrons. The minimum atomic E-state index is -4.22. The molecule has 0 saturated carbocycles. The van der Waals surface area contributed by atoms with Crippen LogP contribution in [0.1, 0.15) is 25.0 Å². The van der Waals surface area contributed by atoms with Crippen LogP contribution in [0.4, 0.5) is 9.18 Å². The zero-order valence-corrected chi connectivity index (χ0v) is 20.5. The van der Waals surface area contributed by atoms with Gasteiger partial charge in [-0.3, -0.25) is 9.59 Å². The number of nitrogens with one attached hydrogen (secondary N) is 4. The molecule has 37 heavy (non-hydrogen) atoms. The number of rotatable bonds is 10. The van der Waals surface area contributed by atoms with E-state index in [0.717, 1.165) is 24.3 Å². The smallest absolute Gasteiger partial charge is 0.331 e. The van der Waals surface area contributed by atoms with Gasteiger partial charge in [0, 0.05) is 44.4 Å². The molecule has 0 bridgehead atoms. The van der Waals surface area contributed by atoms with Crippen molar-refractivity contribution in [2.24, 2.45) is 5.92 Å². The maximum absolute atomic E-state index is 13.1. The van der Waals surface area contributed by atoms with Crippen molar-refractivity contribution in [2.45, 2.75) is 36.6 Å². The van der Waals surface area contributed by atoms with Crippen LogP contribution in [0.15, 0.2) is 41.7 Å². The summed E-state index contributed by atoms with van der Waals surface area (Å²) in [6, 6.07) is 1.91. The van der Waals surface area contributed by atoms with Crippen molar-refractivity contribution in [2.75, 3.05) is 19.6 Å². The highest BCUT2D eigenvalue weighted by molar-refractivity contribution is 7.90. The molecule has 2 atom stereocenters. The lowest BCUT2D eigenvalue weighted by Gasteiger charge is -2.31. The Hall–Kier alpha value is -4.01. The topological polar surface area (TPSA) is 191 Å². The lowest BCUT2D eigenvalue weighted by molar-refractivity contribution is -0.141. The quantitative estimate of drug-likeness (QED) is 0.279. The number of hydrogen-bond acceptors (Lipinski definition) is 7. The van der Waals surface area contributed by atoms with Crippen LogP contribution in [-0.4, -0.2) is 77.9 Å². The molecular weight excluding hydrogens is 511 g/mol. The van der Waals surface area contributed by atoms with E-state index in [2.05, 4.69) is 20.6 Å². The van der Waals surface area contributed by atoms with Crippen molar-refractivity contribution in [1.29, 1.82) is 0 Å². The molecule has 1 saturated heterocycles. The van der Waals surface area contributed by atoms with Gasteiger partial charge in [-0.05, 0) is 37.1 Å². The third-order valence-corrected chi connectivity index (χ3v) is 7.02. The van der Waals surface area contributed by atoms with Crippen LogP contribution >= 0.6 is 0 Å². The fraction of sp³-hybridized carbons (Fsp3) is 0.409. The average Bonchev–Trinajstić information content (AvgIpc) is 3.37. The zero-order valence-electron chi connectivity index (χ0n) is 19.6. The second kappa shape index (κ2) is 12.3. The first-order valence-electron chi connectivity index (χ1n) is 11.4. The molecule has 1 aromatic heterocycles. The fourth-order valence-electron chi connectivity index (χ4n) is 3.75. The van der Waals surface area contributed by atoms with Gasteiger partial charge in [0.1, 0.15) is 11.9 Å². The van der Waals surface area contributed by atoms with Crippen molar-refractivity contribution >= 4 is 33.8 Å². The van der Waals surface area contributed by atoms with Crippen LogP contribution in [0.2, 0.25) is 0 Å². The number of H-pyrrole nitrogens is 1. The first kappa shape index (κ1) is 27.6. The monoisotopic (exact) mass is 538 g/mol. The van der Waals surface area contributed by atoms with Gasteiger partial charge in [0.05, 0.1) is 17.1 Å². The number of aliphatic carboxylic acids is 1. The standard InChI is InChI=1S/C22H27FN6O7S/c23-15-3-5-17(6-4-15)37(35,36)28-22(34)29-9-1-2-14(12-29)20(31)25-8-7-19(30)27-18(21(32)33)10-16-11-24-13-26-16/h3-6,11,13-14,18H,1-2,7-10,12H2,(H,24,26)(H,25,31)(H,27,30)(H,28,34)(H,32,33)/t14-,18+/m1/s1. The Bertz CT molecular complexity index is 1220. The molecule has 3 rings (SSSR count). The Morgan fingerprint density at radius 3 is 2.59 bits per heavy atom. The molecule has 15 heteroatoms. The van der Waals surface area contributed by atoms with E-state index in [9.17, 15) is 37.1 Å². The van der Waals surface area contributed by atoms with Gasteiger partial charge in [0.25, 0.3) is 10.0 Å². The summed E-state index contributed by atoms with van der Waals surface area (Å²) >= 11 is 0. The van der Waals surface area contributed by atoms with E-state index in [1.54, 1.807) is 0 Å². The Kier molecular flexibility index (Phi) is 9.16. The predicted octanol–water partition coefficient (Wildman–Crippen LogP) is -0.0225. The van der Waals surface area contributed by atoms with Gasteiger partial charge in [-0.15, -0.1) is 0 Å². The second-order valence-electron chi connectivity index (χ2n) is 8.43. The van der Waals surface area contributed by atoms with Crippen molar-refractivity contribution in [1.82, 2.24) is 30.2 Å². The molecule has 200 valence electrons. The highest BCUT2D eigenvalue weighted by Gasteiger charge is 2.30. The number of piperidine rings is 1. The molecule has 1 aliphatic rings. The molecule has 13 nitrogen and oxygen atoms in total. The number of imidazole rings is 1. The molecule has 0 aliphatic carbocycles. The highest BCUT2D eigenvalue weighted by Crippen LogP contribution is 2.18. The van der Waals surface area contributed by atoms with Gasteiger partial charge in [-0.2, -0.15) is 0 Å². The van der Waals surface area contributed by atoms with E-state index in [1.165, 1.54) is 17.4 Å². The van der Waals surface area contributed by atoms with Gasteiger partial charge in [0.2, 0.25) is 11.8 Å². The summed E-state index contributed by atoms with van der Waals surface area (Å²) in [6.07, 6.45) is 3.62. The number of amides is 4. The number of carbonyl (C=O) groups is 4. The number of carbonyl (C=O) groups excluding carboxylic acids is 3. The van der Waals surface area contributed by atoms with Crippen LogP contribution in [0, 0.1) is 11.7 Å². The van der Waals surface area contributed by atoms with Crippen LogP contribution in [0.3, 0.4) is 0 Å². The number of urea groups is 1. The highest BCUT2D eigenvalue weighted by atomic mass is 32.2. The summed E-state index contributed by atoms with van der Waals surface area (Å²) in [4.78, 5) is 56.1. The molecule has 5 N–H and O–H groups in total. The molecule has 1 aromatic carbocycles. The first-order chi connectivity index (χ1) is 17.5. The number of halogens is 1. The number of hydrogen-bond donors (Lipinski definition) is 5. The fourth-order valence-corrected chi connectivity index (χ4v) is 4.73. The molecule has 0 spiro atoms. The van der Waals surface area contributed by atoms with Crippen molar-refractivity contribution in [3.63, 3.8) is 0 Å². The minimum absolute atomic E-state index is 0.0181. The number of aromatic nitrogens is 2. The van der Waals surface area contributed by atoms with Gasteiger partial charge in [-0.25, -0.2) is 32.1 Å². The maximum Gasteiger partial charge on any atom is 0.331 e. The largest absolute Gasteiger partial charge is 0.480 e. The normalized spacial score (nSPS) is 16.5. The summed E-state index contributed by atoms with van der Waals surface area (Å²) in [6.45, 7) is 0.153. The summed E-state index contributed by atoms with van der Waals surface area (Å²) in [5.41, 5.74) is 0.539. The van der Waals surface area contributed by atoms with Gasteiger partial charge in [0.15, 0.2) is 0 Å². The van der Waals surface area contributed by atoms with E-state index >= 15 is 0 Å². The molecular formula is C22H27FN6O7S. The van der Waals surface area contributed by atoms with Crippen molar-refractivity contribution in [3.8, 4) is 0 Å². The third kappa shape index (κ3) is 7.99. The number of sulfonamides is 1. The molecule has 1 aliphatic heterocycles. The van der Waals surface area contributed by atoms with E-state index in [0.29, 0.717) is 18.5 Å². The molecule has 1 fully saturated rings. The number of carboxylic acid groups (broad SMARTS) is 1. The maximum atomic E-state index is 13.1. The zero-order chi connectivity index (χ0) is 27.0. The summed E-state index contributed by atoms with van der Waals surface area (Å²) in [7, 11) is -4.22. The Morgan fingerprint density at radius 2 is 1.95 bits per heavy atom. The van der Waals surface area contributed by atoms with E-state index in [4.69, 9.17) is 0 Å². The number of benzene rings is 1. The molecule has 2 aromatic rings. The molecule has 0 unspecified atom stereocenters. The van der Waals surface area contributed by atoms with Crippen molar-refractivity contribution < 1.29 is 37.1 Å². The average molecular weight is 539 g/mol. The first-order valence-corrected chi connectivity index (χ1v) is 12.9. The second-order valence-corrected chi connectivity index (χ2v) is 10.1.